The molecule has 0 atom stereocenters. The van der Waals surface area contributed by atoms with Crippen molar-refractivity contribution in [3.05, 3.63) is 0 Å². The van der Waals surface area contributed by atoms with Gasteiger partial charge >= 0.3 is 5.97 Å². The Morgan fingerprint density at radius 1 is 1.80 bits per heavy atom. The van der Waals surface area contributed by atoms with Crippen molar-refractivity contribution in [1.82, 2.24) is 5.43 Å². The standard InChI is InChI=1S/C4H8N2O2S2/c5-6-4(9)10-2-1-3(7)8/h1-2,5H2,(H,6,9)(H,7,8). The number of rotatable bonds is 3. The highest BCUT2D eigenvalue weighted by Gasteiger charge is 1.98. The Balaban J connectivity index is 3.20. The number of nitrogens with two attached hydrogens (primary N) is 1. The van der Waals surface area contributed by atoms with Gasteiger partial charge in [-0.15, -0.1) is 0 Å². The molecule has 0 radical (unpaired) electrons. The molecule has 0 saturated carbocycles. The second kappa shape index (κ2) is 5.45. The van der Waals surface area contributed by atoms with E-state index in [0.717, 1.165) is 0 Å². The quantitative estimate of drug-likeness (QED) is 0.321. The van der Waals surface area contributed by atoms with Gasteiger partial charge in [0.05, 0.1) is 6.42 Å². The number of thiocarbonyl (C=S) groups is 1. The first-order chi connectivity index (χ1) is 4.66. The summed E-state index contributed by atoms with van der Waals surface area (Å²) in [4.78, 5) is 9.96. The Hall–Kier alpha value is -0.330. The Kier molecular flexibility index (Phi) is 5.27. The zero-order valence-electron chi connectivity index (χ0n) is 5.16. The van der Waals surface area contributed by atoms with Crippen molar-refractivity contribution in [2.24, 2.45) is 5.84 Å². The highest BCUT2D eigenvalue weighted by molar-refractivity contribution is 8.22. The Morgan fingerprint density at radius 3 is 2.80 bits per heavy atom. The Bertz CT molecular complexity index is 139. The van der Waals surface area contributed by atoms with Crippen LogP contribution < -0.4 is 11.3 Å². The Morgan fingerprint density at radius 2 is 2.40 bits per heavy atom. The largest absolute Gasteiger partial charge is 0.481 e. The number of hydrazine groups is 1. The van der Waals surface area contributed by atoms with Crippen LogP contribution in [0.15, 0.2) is 0 Å². The molecule has 10 heavy (non-hydrogen) atoms. The molecule has 6 heteroatoms. The van der Waals surface area contributed by atoms with Crippen molar-refractivity contribution in [2.45, 2.75) is 6.42 Å². The molecule has 0 amide bonds. The van der Waals surface area contributed by atoms with Gasteiger partial charge in [-0.25, -0.2) is 5.84 Å². The number of aliphatic carboxylic acids is 1. The van der Waals surface area contributed by atoms with E-state index in [2.05, 4.69) is 17.6 Å². The van der Waals surface area contributed by atoms with Crippen LogP contribution in [0.5, 0.6) is 0 Å². The average Bonchev–Trinajstić information content (AvgIpc) is 1.87. The van der Waals surface area contributed by atoms with E-state index in [4.69, 9.17) is 10.9 Å². The van der Waals surface area contributed by atoms with Crippen LogP contribution in [0.25, 0.3) is 0 Å². The fraction of sp³-hybridized carbons (Fsp3) is 0.500. The maximum absolute atomic E-state index is 9.96. The van der Waals surface area contributed by atoms with Crippen LogP contribution in [0.3, 0.4) is 0 Å². The summed E-state index contributed by atoms with van der Waals surface area (Å²) in [6.45, 7) is 0. The molecule has 0 aromatic heterocycles. The van der Waals surface area contributed by atoms with E-state index >= 15 is 0 Å². The Labute approximate surface area is 68.1 Å². The molecule has 0 heterocycles. The molecular formula is C4H8N2O2S2. The summed E-state index contributed by atoms with van der Waals surface area (Å²) >= 11 is 5.86. The smallest absolute Gasteiger partial charge is 0.304 e. The second-order valence-corrected chi connectivity index (χ2v) is 3.20. The van der Waals surface area contributed by atoms with Gasteiger partial charge in [0.1, 0.15) is 4.32 Å². The zero-order chi connectivity index (χ0) is 7.98. The highest BCUT2D eigenvalue weighted by Crippen LogP contribution is 2.02. The first-order valence-electron chi connectivity index (χ1n) is 2.52. The number of hydrogen-bond acceptors (Lipinski definition) is 4. The van der Waals surface area contributed by atoms with Crippen molar-refractivity contribution >= 4 is 34.3 Å². The maximum Gasteiger partial charge on any atom is 0.304 e. The van der Waals surface area contributed by atoms with Gasteiger partial charge in [-0.3, -0.25) is 4.79 Å². The van der Waals surface area contributed by atoms with E-state index in [1.165, 1.54) is 11.8 Å². The lowest BCUT2D eigenvalue weighted by molar-refractivity contribution is -0.136. The van der Waals surface area contributed by atoms with E-state index in [9.17, 15) is 4.79 Å². The van der Waals surface area contributed by atoms with Gasteiger partial charge < -0.3 is 10.5 Å². The minimum atomic E-state index is -0.827. The lowest BCUT2D eigenvalue weighted by Crippen LogP contribution is -2.26. The molecule has 0 fully saturated rings. The van der Waals surface area contributed by atoms with Crippen LogP contribution in [0.1, 0.15) is 6.42 Å². The average molecular weight is 180 g/mol. The van der Waals surface area contributed by atoms with Crippen LogP contribution in [-0.4, -0.2) is 21.1 Å². The summed E-state index contributed by atoms with van der Waals surface area (Å²) in [5, 5.41) is 8.19. The van der Waals surface area contributed by atoms with Crippen LogP contribution in [0, 0.1) is 0 Å². The molecule has 0 aliphatic heterocycles. The molecule has 0 rings (SSSR count). The van der Waals surface area contributed by atoms with Gasteiger partial charge in [-0.2, -0.15) is 0 Å². The molecule has 0 aromatic carbocycles. The second-order valence-electron chi connectivity index (χ2n) is 1.42. The maximum atomic E-state index is 9.96. The fourth-order valence-corrected chi connectivity index (χ4v) is 1.07. The molecule has 58 valence electrons. The monoisotopic (exact) mass is 180 g/mol. The minimum absolute atomic E-state index is 0.104. The van der Waals surface area contributed by atoms with E-state index in [1.807, 2.05) is 0 Å². The number of nitrogens with one attached hydrogen (secondary N) is 1. The van der Waals surface area contributed by atoms with Crippen molar-refractivity contribution in [3.8, 4) is 0 Å². The molecular weight excluding hydrogens is 172 g/mol. The molecule has 0 spiro atoms. The van der Waals surface area contributed by atoms with E-state index in [0.29, 0.717) is 10.1 Å². The fourth-order valence-electron chi connectivity index (χ4n) is 0.273. The molecule has 4 N–H and O–H groups in total. The summed E-state index contributed by atoms with van der Waals surface area (Å²) in [6.07, 6.45) is 0.104. The molecule has 0 unspecified atom stereocenters. The van der Waals surface area contributed by atoms with Crippen LogP contribution in [0.4, 0.5) is 0 Å². The summed E-state index contributed by atoms with van der Waals surface area (Å²) < 4.78 is 0.418. The van der Waals surface area contributed by atoms with E-state index < -0.39 is 5.97 Å². The first-order valence-corrected chi connectivity index (χ1v) is 3.91. The normalized spacial score (nSPS) is 8.90. The summed E-state index contributed by atoms with van der Waals surface area (Å²) in [5.74, 6) is 4.56. The number of carboxylic acids is 1. The lowest BCUT2D eigenvalue weighted by atomic mass is 10.5. The van der Waals surface area contributed by atoms with Crippen molar-refractivity contribution < 1.29 is 9.90 Å². The molecule has 0 saturated heterocycles. The van der Waals surface area contributed by atoms with Crippen molar-refractivity contribution in [2.75, 3.05) is 5.75 Å². The highest BCUT2D eigenvalue weighted by atomic mass is 32.2. The summed E-state index contributed by atoms with van der Waals surface area (Å²) in [6, 6.07) is 0. The predicted molar refractivity (Wildman–Crippen MR) is 44.6 cm³/mol. The van der Waals surface area contributed by atoms with Gasteiger partial charge in [0, 0.05) is 5.75 Å². The molecule has 0 aliphatic rings. The van der Waals surface area contributed by atoms with Crippen LogP contribution in [-0.2, 0) is 4.79 Å². The van der Waals surface area contributed by atoms with Gasteiger partial charge in [-0.05, 0) is 0 Å². The number of carbonyl (C=O) groups is 1. The molecule has 0 bridgehead atoms. The van der Waals surface area contributed by atoms with Crippen LogP contribution >= 0.6 is 24.0 Å². The lowest BCUT2D eigenvalue weighted by Gasteiger charge is -1.98. The topological polar surface area (TPSA) is 75.3 Å². The summed E-state index contributed by atoms with van der Waals surface area (Å²) in [5.41, 5.74) is 2.24. The summed E-state index contributed by atoms with van der Waals surface area (Å²) in [7, 11) is 0. The van der Waals surface area contributed by atoms with Gasteiger partial charge in [0.25, 0.3) is 0 Å². The van der Waals surface area contributed by atoms with Gasteiger partial charge in [-0.1, -0.05) is 24.0 Å². The van der Waals surface area contributed by atoms with Crippen LogP contribution in [0.2, 0.25) is 0 Å². The third-order valence-corrected chi connectivity index (χ3v) is 1.93. The molecule has 4 nitrogen and oxygen atoms in total. The number of hydrogen-bond donors (Lipinski definition) is 3. The third-order valence-electron chi connectivity index (χ3n) is 0.667. The zero-order valence-corrected chi connectivity index (χ0v) is 6.80. The van der Waals surface area contributed by atoms with Gasteiger partial charge in [0.15, 0.2) is 0 Å². The van der Waals surface area contributed by atoms with Crippen molar-refractivity contribution in [3.63, 3.8) is 0 Å². The predicted octanol–water partition coefficient (Wildman–Crippen LogP) is -0.0575. The molecule has 0 aliphatic carbocycles. The van der Waals surface area contributed by atoms with E-state index in [1.54, 1.807) is 0 Å². The SMILES string of the molecule is NNC(=S)SCCC(=O)O. The number of carboxylic acid groups (broad SMARTS) is 1. The third kappa shape index (κ3) is 5.80. The van der Waals surface area contributed by atoms with Gasteiger partial charge in [0.2, 0.25) is 0 Å². The van der Waals surface area contributed by atoms with E-state index in [-0.39, 0.29) is 6.42 Å². The minimum Gasteiger partial charge on any atom is -0.481 e. The van der Waals surface area contributed by atoms with Crippen molar-refractivity contribution in [1.29, 1.82) is 0 Å². The molecule has 0 aromatic rings. The number of thioether (sulfide) groups is 1. The first kappa shape index (κ1) is 9.67.